The Kier molecular flexibility index (Phi) is 6.57. The van der Waals surface area contributed by atoms with Gasteiger partial charge in [0.05, 0.1) is 18.8 Å². The van der Waals surface area contributed by atoms with Crippen LogP contribution >= 0.6 is 0 Å². The van der Waals surface area contributed by atoms with Crippen LogP contribution in [-0.2, 0) is 0 Å². The smallest absolute Gasteiger partial charge is 0.257 e. The molecule has 1 atom stereocenters. The zero-order valence-electron chi connectivity index (χ0n) is 17.2. The summed E-state index contributed by atoms with van der Waals surface area (Å²) in [6.45, 7) is 9.26. The quantitative estimate of drug-likeness (QED) is 0.757. The maximum Gasteiger partial charge on any atom is 0.257 e. The largest absolute Gasteiger partial charge is 0.497 e. The second-order valence-corrected chi connectivity index (χ2v) is 7.44. The van der Waals surface area contributed by atoms with Crippen molar-refractivity contribution in [3.05, 3.63) is 59.7 Å². The van der Waals surface area contributed by atoms with E-state index in [1.165, 1.54) is 5.56 Å². The highest BCUT2D eigenvalue weighted by Crippen LogP contribution is 2.26. The lowest BCUT2D eigenvalue weighted by atomic mass is 10.1. The first-order chi connectivity index (χ1) is 13.5. The van der Waals surface area contributed by atoms with Crippen molar-refractivity contribution in [3.63, 3.8) is 0 Å². The van der Waals surface area contributed by atoms with Gasteiger partial charge in [-0.05, 0) is 50.6 Å². The topological polar surface area (TPSA) is 42.0 Å². The molecule has 1 heterocycles. The molecule has 1 aliphatic rings. The number of hydrogen-bond acceptors (Lipinski definition) is 4. The molecule has 5 nitrogen and oxygen atoms in total. The monoisotopic (exact) mass is 382 g/mol. The van der Waals surface area contributed by atoms with Crippen LogP contribution in [0, 0.1) is 0 Å². The van der Waals surface area contributed by atoms with Crippen molar-refractivity contribution in [2.45, 2.75) is 32.9 Å². The molecule has 3 rings (SSSR count). The minimum absolute atomic E-state index is 0.0366. The number of nitrogens with zero attached hydrogens (tertiary/aromatic N) is 2. The van der Waals surface area contributed by atoms with Crippen LogP contribution in [-0.4, -0.2) is 55.1 Å². The Balaban J connectivity index is 1.64. The predicted molar refractivity (Wildman–Crippen MR) is 111 cm³/mol. The van der Waals surface area contributed by atoms with E-state index in [-0.39, 0.29) is 18.1 Å². The lowest BCUT2D eigenvalue weighted by Crippen LogP contribution is -2.49. The Morgan fingerprint density at radius 2 is 1.68 bits per heavy atom. The Bertz CT molecular complexity index is 798. The third-order valence-corrected chi connectivity index (χ3v) is 5.21. The van der Waals surface area contributed by atoms with Crippen LogP contribution in [0.25, 0.3) is 0 Å². The summed E-state index contributed by atoms with van der Waals surface area (Å²) in [5.74, 6) is 1.58. The number of ether oxygens (including phenoxy) is 2. The van der Waals surface area contributed by atoms with E-state index in [9.17, 15) is 4.79 Å². The van der Waals surface area contributed by atoms with Crippen molar-refractivity contribution in [2.75, 3.05) is 33.3 Å². The molecule has 0 aromatic heterocycles. The standard InChI is InChI=1S/C23H30N2O3/c1-17(2)28-22-11-6-5-10-21(22)23(26)25-14-12-24(13-15-25)18(3)19-8-7-9-20(16-19)27-4/h5-11,16-18H,12-15H2,1-4H3. The molecule has 0 bridgehead atoms. The number of amides is 1. The van der Waals surface area contributed by atoms with Gasteiger partial charge in [0.2, 0.25) is 0 Å². The second-order valence-electron chi connectivity index (χ2n) is 7.44. The van der Waals surface area contributed by atoms with Crippen molar-refractivity contribution in [3.8, 4) is 11.5 Å². The summed E-state index contributed by atoms with van der Waals surface area (Å²) in [5.41, 5.74) is 1.88. The third-order valence-electron chi connectivity index (χ3n) is 5.21. The highest BCUT2D eigenvalue weighted by molar-refractivity contribution is 5.97. The fourth-order valence-corrected chi connectivity index (χ4v) is 3.59. The summed E-state index contributed by atoms with van der Waals surface area (Å²) in [6, 6.07) is 16.0. The lowest BCUT2D eigenvalue weighted by molar-refractivity contribution is 0.0577. The maximum absolute atomic E-state index is 13.0. The predicted octanol–water partition coefficient (Wildman–Crippen LogP) is 4.00. The number of piperazine rings is 1. The van der Waals surface area contributed by atoms with Gasteiger partial charge >= 0.3 is 0 Å². The molecule has 0 N–H and O–H groups in total. The summed E-state index contributed by atoms with van der Waals surface area (Å²) in [6.07, 6.45) is 0.0366. The van der Waals surface area contributed by atoms with Gasteiger partial charge in [0.15, 0.2) is 0 Å². The average molecular weight is 383 g/mol. The zero-order valence-corrected chi connectivity index (χ0v) is 17.2. The van der Waals surface area contributed by atoms with Crippen molar-refractivity contribution < 1.29 is 14.3 Å². The van der Waals surface area contributed by atoms with E-state index in [0.29, 0.717) is 24.4 Å². The summed E-state index contributed by atoms with van der Waals surface area (Å²) in [7, 11) is 1.69. The van der Waals surface area contributed by atoms with E-state index in [2.05, 4.69) is 24.0 Å². The average Bonchev–Trinajstić information content (AvgIpc) is 2.73. The summed E-state index contributed by atoms with van der Waals surface area (Å²) < 4.78 is 11.2. The molecular formula is C23H30N2O3. The molecule has 2 aromatic rings. The van der Waals surface area contributed by atoms with Crippen molar-refractivity contribution in [1.82, 2.24) is 9.80 Å². The van der Waals surface area contributed by atoms with Gasteiger partial charge in [0.1, 0.15) is 11.5 Å². The molecule has 5 heteroatoms. The fraction of sp³-hybridized carbons (Fsp3) is 0.435. The van der Waals surface area contributed by atoms with Crippen LogP contribution in [0.1, 0.15) is 42.7 Å². The number of para-hydroxylation sites is 1. The van der Waals surface area contributed by atoms with Crippen LogP contribution in [0.2, 0.25) is 0 Å². The minimum Gasteiger partial charge on any atom is -0.497 e. The Morgan fingerprint density at radius 1 is 0.964 bits per heavy atom. The molecule has 1 aliphatic heterocycles. The molecule has 1 amide bonds. The van der Waals surface area contributed by atoms with Gasteiger partial charge in [-0.15, -0.1) is 0 Å². The normalized spacial score (nSPS) is 16.1. The molecule has 2 aromatic carbocycles. The van der Waals surface area contributed by atoms with E-state index in [1.807, 2.05) is 55.1 Å². The Labute approximate surface area is 167 Å². The molecule has 1 fully saturated rings. The van der Waals surface area contributed by atoms with Gasteiger partial charge in [-0.3, -0.25) is 9.69 Å². The molecule has 150 valence electrons. The number of benzene rings is 2. The first-order valence-electron chi connectivity index (χ1n) is 9.92. The Hall–Kier alpha value is -2.53. The van der Waals surface area contributed by atoms with E-state index in [1.54, 1.807) is 7.11 Å². The first-order valence-corrected chi connectivity index (χ1v) is 9.92. The highest BCUT2D eigenvalue weighted by Gasteiger charge is 2.27. The van der Waals surface area contributed by atoms with Crippen LogP contribution in [0.15, 0.2) is 48.5 Å². The highest BCUT2D eigenvalue weighted by atomic mass is 16.5. The third kappa shape index (κ3) is 4.65. The van der Waals surface area contributed by atoms with E-state index < -0.39 is 0 Å². The maximum atomic E-state index is 13.0. The van der Waals surface area contributed by atoms with Gasteiger partial charge in [-0.25, -0.2) is 0 Å². The first kappa shape index (κ1) is 20.2. The number of carbonyl (C=O) groups is 1. The number of carbonyl (C=O) groups excluding carboxylic acids is 1. The fourth-order valence-electron chi connectivity index (χ4n) is 3.59. The molecule has 0 spiro atoms. The lowest BCUT2D eigenvalue weighted by Gasteiger charge is -2.38. The van der Waals surface area contributed by atoms with Crippen molar-refractivity contribution >= 4 is 5.91 Å². The van der Waals surface area contributed by atoms with E-state index in [0.717, 1.165) is 18.8 Å². The van der Waals surface area contributed by atoms with Crippen LogP contribution < -0.4 is 9.47 Å². The van der Waals surface area contributed by atoms with Crippen LogP contribution in [0.3, 0.4) is 0 Å². The van der Waals surface area contributed by atoms with Gasteiger partial charge in [-0.1, -0.05) is 24.3 Å². The Morgan fingerprint density at radius 3 is 2.36 bits per heavy atom. The van der Waals surface area contributed by atoms with Crippen LogP contribution in [0.4, 0.5) is 0 Å². The molecule has 1 unspecified atom stereocenters. The molecule has 1 saturated heterocycles. The SMILES string of the molecule is COc1cccc(C(C)N2CCN(C(=O)c3ccccc3OC(C)C)CC2)c1. The molecule has 28 heavy (non-hydrogen) atoms. The molecule has 0 aliphatic carbocycles. The van der Waals surface area contributed by atoms with Crippen molar-refractivity contribution in [2.24, 2.45) is 0 Å². The minimum atomic E-state index is 0.0366. The molecule has 0 radical (unpaired) electrons. The second kappa shape index (κ2) is 9.11. The summed E-state index contributed by atoms with van der Waals surface area (Å²) >= 11 is 0. The van der Waals surface area contributed by atoms with E-state index >= 15 is 0 Å². The summed E-state index contributed by atoms with van der Waals surface area (Å²) in [5, 5.41) is 0. The molecule has 0 saturated carbocycles. The van der Waals surface area contributed by atoms with Gasteiger partial charge in [0, 0.05) is 32.2 Å². The van der Waals surface area contributed by atoms with Gasteiger partial charge in [-0.2, -0.15) is 0 Å². The number of hydrogen-bond donors (Lipinski definition) is 0. The zero-order chi connectivity index (χ0) is 20.1. The molecular weight excluding hydrogens is 352 g/mol. The van der Waals surface area contributed by atoms with Gasteiger partial charge < -0.3 is 14.4 Å². The van der Waals surface area contributed by atoms with E-state index in [4.69, 9.17) is 9.47 Å². The number of methoxy groups -OCH3 is 1. The number of rotatable bonds is 6. The van der Waals surface area contributed by atoms with Gasteiger partial charge in [0.25, 0.3) is 5.91 Å². The van der Waals surface area contributed by atoms with Crippen LogP contribution in [0.5, 0.6) is 11.5 Å². The summed E-state index contributed by atoms with van der Waals surface area (Å²) in [4.78, 5) is 17.4. The van der Waals surface area contributed by atoms with Crippen molar-refractivity contribution in [1.29, 1.82) is 0 Å².